The Morgan fingerprint density at radius 2 is 0.577 bits per heavy atom. The molecule has 0 saturated heterocycles. The number of anilines is 6. The van der Waals surface area contributed by atoms with E-state index in [0.717, 1.165) is 78.0 Å². The van der Waals surface area contributed by atoms with Gasteiger partial charge in [0.2, 0.25) is 0 Å². The molecule has 71 heavy (non-hydrogen) atoms. The Morgan fingerprint density at radius 1 is 0.211 bits per heavy atom. The van der Waals surface area contributed by atoms with Crippen LogP contribution in [0, 0.1) is 0 Å². The van der Waals surface area contributed by atoms with E-state index in [1.165, 1.54) is 38.5 Å². The fourth-order valence-electron chi connectivity index (χ4n) is 10.6. The summed E-state index contributed by atoms with van der Waals surface area (Å²) in [6.07, 6.45) is 0. The average Bonchev–Trinajstić information content (AvgIpc) is 3.79. The number of benzene rings is 12. The zero-order valence-corrected chi connectivity index (χ0v) is 39.0. The molecule has 0 aliphatic carbocycles. The van der Waals surface area contributed by atoms with E-state index in [1.807, 2.05) is 0 Å². The zero-order valence-electron chi connectivity index (χ0n) is 39.0. The molecule has 1 aromatic heterocycles. The predicted octanol–water partition coefficient (Wildman–Crippen LogP) is 19.0. The maximum atomic E-state index is 2.52. The first kappa shape index (κ1) is 41.7. The standard InChI is InChI=1S/C68H47N3/c1-7-21-48(22-8-1)51-35-39-57(40-36-51)70(58-41-44-66-62(47-58)59-33-19-20-34-65(59)71(66)56-31-17-6-18-32-56)68-61-43-38-52(49-23-9-2-10-24-49)45-63(61)67(60-42-37-53(46-64(60)68)50-25-11-3-12-26-50)69(54-27-13-4-14-28-54)55-29-15-5-16-30-55/h1-47H. The molecule has 0 saturated carbocycles. The van der Waals surface area contributed by atoms with E-state index >= 15 is 0 Å². The molecule has 3 nitrogen and oxygen atoms in total. The largest absolute Gasteiger partial charge is 0.309 e. The normalized spacial score (nSPS) is 11.4. The summed E-state index contributed by atoms with van der Waals surface area (Å²) in [6.45, 7) is 0. The smallest absolute Gasteiger partial charge is 0.0620 e. The lowest BCUT2D eigenvalue weighted by atomic mass is 9.91. The summed E-state index contributed by atoms with van der Waals surface area (Å²) in [5, 5.41) is 6.94. The molecule has 0 aliphatic heterocycles. The molecule has 0 spiro atoms. The first-order valence-corrected chi connectivity index (χ1v) is 24.3. The van der Waals surface area contributed by atoms with E-state index in [9.17, 15) is 0 Å². The van der Waals surface area contributed by atoms with Gasteiger partial charge in [-0.25, -0.2) is 0 Å². The molecule has 0 unspecified atom stereocenters. The molecule has 0 amide bonds. The molecule has 0 N–H and O–H groups in total. The minimum absolute atomic E-state index is 1.06. The van der Waals surface area contributed by atoms with Crippen molar-refractivity contribution >= 4 is 77.5 Å². The molecule has 13 aromatic rings. The van der Waals surface area contributed by atoms with Crippen LogP contribution in [0.1, 0.15) is 0 Å². The van der Waals surface area contributed by atoms with Crippen LogP contribution in [0.4, 0.5) is 34.1 Å². The molecular weight excluding hydrogens is 859 g/mol. The van der Waals surface area contributed by atoms with E-state index in [2.05, 4.69) is 299 Å². The number of hydrogen-bond donors (Lipinski definition) is 0. The lowest BCUT2D eigenvalue weighted by molar-refractivity contribution is 1.18. The van der Waals surface area contributed by atoms with Crippen molar-refractivity contribution in [1.29, 1.82) is 0 Å². The van der Waals surface area contributed by atoms with E-state index in [-0.39, 0.29) is 0 Å². The van der Waals surface area contributed by atoms with Crippen molar-refractivity contribution in [2.75, 3.05) is 9.80 Å². The number of hydrogen-bond acceptors (Lipinski definition) is 2. The second-order valence-electron chi connectivity index (χ2n) is 18.1. The molecule has 0 atom stereocenters. The van der Waals surface area contributed by atoms with E-state index in [4.69, 9.17) is 0 Å². The Bertz CT molecular complexity index is 3960. The summed E-state index contributed by atoms with van der Waals surface area (Å²) in [5.74, 6) is 0. The summed E-state index contributed by atoms with van der Waals surface area (Å²) >= 11 is 0. The van der Waals surface area contributed by atoms with Crippen LogP contribution in [0.5, 0.6) is 0 Å². The summed E-state index contributed by atoms with van der Waals surface area (Å²) in [7, 11) is 0. The first-order chi connectivity index (χ1) is 35.2. The van der Waals surface area contributed by atoms with Crippen molar-refractivity contribution in [3.05, 3.63) is 285 Å². The van der Waals surface area contributed by atoms with E-state index < -0.39 is 0 Å². The minimum atomic E-state index is 1.06. The molecular formula is C68H47N3. The minimum Gasteiger partial charge on any atom is -0.309 e. The van der Waals surface area contributed by atoms with Crippen molar-refractivity contribution in [3.63, 3.8) is 0 Å². The lowest BCUT2D eigenvalue weighted by Crippen LogP contribution is -2.14. The van der Waals surface area contributed by atoms with Gasteiger partial charge in [0.1, 0.15) is 0 Å². The van der Waals surface area contributed by atoms with Crippen molar-refractivity contribution in [2.45, 2.75) is 0 Å². The van der Waals surface area contributed by atoms with Gasteiger partial charge in [0.05, 0.1) is 22.4 Å². The van der Waals surface area contributed by atoms with Gasteiger partial charge in [0, 0.05) is 60.8 Å². The fraction of sp³-hybridized carbons (Fsp3) is 0. The molecule has 334 valence electrons. The van der Waals surface area contributed by atoms with Crippen LogP contribution in [0.3, 0.4) is 0 Å². The SMILES string of the molecule is c1ccc(-c2ccc(N(c3ccc4c(c3)c3ccccc3n4-c3ccccc3)c3c4ccc(-c5ccccc5)cc4c(N(c4ccccc4)c4ccccc4)c4ccc(-c5ccccc5)cc34)cc2)cc1. The van der Waals surface area contributed by atoms with Crippen molar-refractivity contribution in [3.8, 4) is 39.1 Å². The van der Waals surface area contributed by atoms with Gasteiger partial charge in [-0.1, -0.05) is 200 Å². The fourth-order valence-corrected chi connectivity index (χ4v) is 10.6. The van der Waals surface area contributed by atoms with Crippen molar-refractivity contribution in [1.82, 2.24) is 4.57 Å². The third-order valence-corrected chi connectivity index (χ3v) is 13.9. The Hall–Kier alpha value is -9.44. The van der Waals surface area contributed by atoms with Crippen LogP contribution in [0.15, 0.2) is 285 Å². The number of fused-ring (bicyclic) bond motifs is 5. The highest BCUT2D eigenvalue weighted by molar-refractivity contribution is 6.25. The van der Waals surface area contributed by atoms with Crippen LogP contribution >= 0.6 is 0 Å². The van der Waals surface area contributed by atoms with Gasteiger partial charge in [-0.3, -0.25) is 0 Å². The molecule has 13 rings (SSSR count). The van der Waals surface area contributed by atoms with Crippen LogP contribution < -0.4 is 9.80 Å². The average molecular weight is 906 g/mol. The first-order valence-electron chi connectivity index (χ1n) is 24.3. The molecule has 0 aliphatic rings. The van der Waals surface area contributed by atoms with Crippen LogP contribution in [0.25, 0.3) is 82.4 Å². The molecule has 1 heterocycles. The van der Waals surface area contributed by atoms with Gasteiger partial charge in [-0.15, -0.1) is 0 Å². The monoisotopic (exact) mass is 905 g/mol. The highest BCUT2D eigenvalue weighted by atomic mass is 15.2. The quantitative estimate of drug-likeness (QED) is 0.100. The number of rotatable bonds is 10. The second kappa shape index (κ2) is 17.9. The number of para-hydroxylation sites is 4. The summed E-state index contributed by atoms with van der Waals surface area (Å²) in [4.78, 5) is 4.97. The van der Waals surface area contributed by atoms with Gasteiger partial charge in [0.25, 0.3) is 0 Å². The maximum absolute atomic E-state index is 2.52. The number of nitrogens with zero attached hydrogens (tertiary/aromatic N) is 3. The van der Waals surface area contributed by atoms with Crippen LogP contribution in [-0.2, 0) is 0 Å². The maximum Gasteiger partial charge on any atom is 0.0620 e. The lowest BCUT2D eigenvalue weighted by Gasteiger charge is -2.33. The van der Waals surface area contributed by atoms with Gasteiger partial charge in [-0.05, 0) is 118 Å². The van der Waals surface area contributed by atoms with Gasteiger partial charge in [-0.2, -0.15) is 0 Å². The molecule has 0 fully saturated rings. The third kappa shape index (κ3) is 7.49. The van der Waals surface area contributed by atoms with Crippen molar-refractivity contribution in [2.24, 2.45) is 0 Å². The van der Waals surface area contributed by atoms with Gasteiger partial charge < -0.3 is 14.4 Å². The summed E-state index contributed by atoms with van der Waals surface area (Å²) < 4.78 is 2.39. The van der Waals surface area contributed by atoms with Crippen molar-refractivity contribution < 1.29 is 0 Å². The molecule has 3 heteroatoms. The van der Waals surface area contributed by atoms with Crippen LogP contribution in [-0.4, -0.2) is 4.57 Å². The van der Waals surface area contributed by atoms with E-state index in [1.54, 1.807) is 0 Å². The predicted molar refractivity (Wildman–Crippen MR) is 301 cm³/mol. The Labute approximate surface area is 414 Å². The molecule has 0 bridgehead atoms. The highest BCUT2D eigenvalue weighted by Crippen LogP contribution is 2.53. The Morgan fingerprint density at radius 3 is 1.10 bits per heavy atom. The Kier molecular flexibility index (Phi) is 10.5. The van der Waals surface area contributed by atoms with Gasteiger partial charge >= 0.3 is 0 Å². The third-order valence-electron chi connectivity index (χ3n) is 13.9. The summed E-state index contributed by atoms with van der Waals surface area (Å²) in [5.41, 5.74) is 17.0. The second-order valence-corrected chi connectivity index (χ2v) is 18.1. The van der Waals surface area contributed by atoms with Gasteiger partial charge in [0.15, 0.2) is 0 Å². The molecule has 12 aromatic carbocycles. The summed E-state index contributed by atoms with van der Waals surface area (Å²) in [6, 6.07) is 104. The Balaban J connectivity index is 1.17. The number of aromatic nitrogens is 1. The topological polar surface area (TPSA) is 11.4 Å². The highest BCUT2D eigenvalue weighted by Gasteiger charge is 2.27. The van der Waals surface area contributed by atoms with E-state index in [0.29, 0.717) is 0 Å². The van der Waals surface area contributed by atoms with Crippen LogP contribution in [0.2, 0.25) is 0 Å². The molecule has 0 radical (unpaired) electrons. The zero-order chi connectivity index (χ0) is 47.1.